The molecule has 0 spiro atoms. The maximum absolute atomic E-state index is 13.1. The molecule has 93 heavy (non-hydrogen) atoms. The Bertz CT molecular complexity index is 1810. The third-order valence-electron chi connectivity index (χ3n) is 17.6. The van der Waals surface area contributed by atoms with Crippen LogP contribution >= 0.6 is 15.6 Å². The number of phosphoric acid groups is 2. The first-order valence-electron chi connectivity index (χ1n) is 38.5. The van der Waals surface area contributed by atoms with Crippen molar-refractivity contribution in [1.29, 1.82) is 0 Å². The second-order valence-corrected chi connectivity index (χ2v) is 30.3. The molecule has 3 unspecified atom stereocenters. The summed E-state index contributed by atoms with van der Waals surface area (Å²) >= 11 is 0. The maximum atomic E-state index is 13.1. The SMILES string of the molecule is CCCCCCCCCCC(=O)OC[C@H](COP(=O)(O)OC[C@H](O)COP(=O)(O)OC[C@@H](COC(=O)CCCCCCCCCCCCCCCCC(C)CC)OC(=O)CCCCCCCCCCCCCCCCCCC(C)C)OC(=O)CCCCCCCCCC. The Morgan fingerprint density at radius 3 is 0.817 bits per heavy atom. The van der Waals surface area contributed by atoms with Gasteiger partial charge in [0.15, 0.2) is 12.2 Å². The van der Waals surface area contributed by atoms with E-state index in [1.54, 1.807) is 0 Å². The van der Waals surface area contributed by atoms with Crippen LogP contribution in [-0.4, -0.2) is 96.7 Å². The molecular formula is C74H144O17P2. The number of phosphoric ester groups is 2. The number of rotatable bonds is 73. The van der Waals surface area contributed by atoms with Gasteiger partial charge in [-0.25, -0.2) is 9.13 Å². The number of aliphatic hydroxyl groups excluding tert-OH is 1. The van der Waals surface area contributed by atoms with Crippen molar-refractivity contribution in [2.75, 3.05) is 39.6 Å². The van der Waals surface area contributed by atoms with Gasteiger partial charge in [-0.2, -0.15) is 0 Å². The Balaban J connectivity index is 5.16. The van der Waals surface area contributed by atoms with E-state index in [0.717, 1.165) is 115 Å². The Hall–Kier alpha value is -1.94. The molecule has 19 heteroatoms. The molecule has 0 aliphatic heterocycles. The van der Waals surface area contributed by atoms with Gasteiger partial charge in [0.2, 0.25) is 0 Å². The Labute approximate surface area is 568 Å². The molecule has 6 atom stereocenters. The van der Waals surface area contributed by atoms with Gasteiger partial charge >= 0.3 is 39.5 Å². The average molecular weight is 1370 g/mol. The van der Waals surface area contributed by atoms with Crippen LogP contribution in [0.4, 0.5) is 0 Å². The third-order valence-corrected chi connectivity index (χ3v) is 19.5. The molecule has 0 aromatic heterocycles. The van der Waals surface area contributed by atoms with E-state index >= 15 is 0 Å². The zero-order chi connectivity index (χ0) is 68.6. The van der Waals surface area contributed by atoms with Gasteiger partial charge in [-0.1, -0.05) is 330 Å². The number of hydrogen-bond acceptors (Lipinski definition) is 15. The molecule has 0 aliphatic rings. The summed E-state index contributed by atoms with van der Waals surface area (Å²) in [7, 11) is -9.90. The number of hydrogen-bond donors (Lipinski definition) is 3. The quantitative estimate of drug-likeness (QED) is 0.0222. The minimum atomic E-state index is -4.95. The monoisotopic (exact) mass is 1370 g/mol. The van der Waals surface area contributed by atoms with Crippen LogP contribution in [-0.2, 0) is 65.4 Å². The summed E-state index contributed by atoms with van der Waals surface area (Å²) < 4.78 is 68.3. The molecule has 0 amide bonds. The van der Waals surface area contributed by atoms with Crippen LogP contribution in [0.2, 0.25) is 0 Å². The lowest BCUT2D eigenvalue weighted by molar-refractivity contribution is -0.161. The molecule has 0 bridgehead atoms. The first kappa shape index (κ1) is 91.1. The molecule has 0 radical (unpaired) electrons. The highest BCUT2D eigenvalue weighted by molar-refractivity contribution is 7.47. The Morgan fingerprint density at radius 2 is 0.548 bits per heavy atom. The van der Waals surface area contributed by atoms with E-state index in [2.05, 4.69) is 41.5 Å². The first-order chi connectivity index (χ1) is 44.9. The highest BCUT2D eigenvalue weighted by atomic mass is 31.2. The summed E-state index contributed by atoms with van der Waals surface area (Å²) in [5.41, 5.74) is 0. The smallest absolute Gasteiger partial charge is 0.462 e. The molecule has 0 aromatic rings. The van der Waals surface area contributed by atoms with Crippen LogP contribution < -0.4 is 0 Å². The van der Waals surface area contributed by atoms with E-state index in [9.17, 15) is 43.2 Å². The number of esters is 4. The van der Waals surface area contributed by atoms with E-state index < -0.39 is 97.5 Å². The van der Waals surface area contributed by atoms with Crippen molar-refractivity contribution < 1.29 is 80.2 Å². The summed E-state index contributed by atoms with van der Waals surface area (Å²) in [6, 6.07) is 0. The summed E-state index contributed by atoms with van der Waals surface area (Å²) in [6.07, 6.45) is 52.9. The molecule has 0 saturated carbocycles. The van der Waals surface area contributed by atoms with Crippen molar-refractivity contribution in [3.05, 3.63) is 0 Å². The van der Waals surface area contributed by atoms with E-state index in [-0.39, 0.29) is 25.7 Å². The van der Waals surface area contributed by atoms with Crippen LogP contribution in [0.1, 0.15) is 382 Å². The van der Waals surface area contributed by atoms with Crippen LogP contribution in [0.25, 0.3) is 0 Å². The normalized spacial score (nSPS) is 14.3. The summed E-state index contributed by atoms with van der Waals surface area (Å²) in [5.74, 6) is -0.464. The molecule has 552 valence electrons. The second-order valence-electron chi connectivity index (χ2n) is 27.4. The summed E-state index contributed by atoms with van der Waals surface area (Å²) in [5, 5.41) is 10.6. The highest BCUT2D eigenvalue weighted by Crippen LogP contribution is 2.45. The van der Waals surface area contributed by atoms with Crippen molar-refractivity contribution in [3.8, 4) is 0 Å². The molecular weight excluding hydrogens is 1220 g/mol. The van der Waals surface area contributed by atoms with Crippen LogP contribution in [0, 0.1) is 11.8 Å². The van der Waals surface area contributed by atoms with Gasteiger partial charge in [-0.15, -0.1) is 0 Å². The molecule has 0 heterocycles. The first-order valence-corrected chi connectivity index (χ1v) is 41.5. The van der Waals surface area contributed by atoms with E-state index in [4.69, 9.17) is 37.0 Å². The number of carbonyl (C=O) groups excluding carboxylic acids is 4. The van der Waals surface area contributed by atoms with Crippen molar-refractivity contribution in [2.45, 2.75) is 400 Å². The molecule has 0 rings (SSSR count). The maximum Gasteiger partial charge on any atom is 0.472 e. The minimum absolute atomic E-state index is 0.105. The van der Waals surface area contributed by atoms with Gasteiger partial charge < -0.3 is 33.8 Å². The van der Waals surface area contributed by atoms with E-state index in [1.165, 1.54) is 186 Å². The third kappa shape index (κ3) is 67.0. The van der Waals surface area contributed by atoms with Crippen LogP contribution in [0.5, 0.6) is 0 Å². The highest BCUT2D eigenvalue weighted by Gasteiger charge is 2.30. The largest absolute Gasteiger partial charge is 0.472 e. The number of unbranched alkanes of at least 4 members (excludes halogenated alkanes) is 42. The second kappa shape index (κ2) is 66.0. The molecule has 0 fully saturated rings. The predicted molar refractivity (Wildman–Crippen MR) is 377 cm³/mol. The van der Waals surface area contributed by atoms with Crippen molar-refractivity contribution in [2.24, 2.45) is 11.8 Å². The zero-order valence-corrected chi connectivity index (χ0v) is 62.3. The van der Waals surface area contributed by atoms with Crippen molar-refractivity contribution in [1.82, 2.24) is 0 Å². The number of ether oxygens (including phenoxy) is 4. The van der Waals surface area contributed by atoms with Crippen molar-refractivity contribution >= 4 is 39.5 Å². The fraction of sp³-hybridized carbons (Fsp3) is 0.946. The van der Waals surface area contributed by atoms with Gasteiger partial charge in [0.25, 0.3) is 0 Å². The van der Waals surface area contributed by atoms with Gasteiger partial charge in [-0.3, -0.25) is 37.3 Å². The average Bonchev–Trinajstić information content (AvgIpc) is 1.54. The molecule has 3 N–H and O–H groups in total. The van der Waals surface area contributed by atoms with Crippen molar-refractivity contribution in [3.63, 3.8) is 0 Å². The van der Waals surface area contributed by atoms with Gasteiger partial charge in [-0.05, 0) is 37.5 Å². The minimum Gasteiger partial charge on any atom is -0.462 e. The molecule has 0 aliphatic carbocycles. The lowest BCUT2D eigenvalue weighted by atomic mass is 9.99. The topological polar surface area (TPSA) is 237 Å². The van der Waals surface area contributed by atoms with Gasteiger partial charge in [0.1, 0.15) is 19.3 Å². The zero-order valence-electron chi connectivity index (χ0n) is 60.6. The number of carbonyl (C=O) groups is 4. The van der Waals surface area contributed by atoms with Crippen LogP contribution in [0.3, 0.4) is 0 Å². The van der Waals surface area contributed by atoms with Gasteiger partial charge in [0, 0.05) is 25.7 Å². The number of aliphatic hydroxyl groups is 1. The molecule has 0 aromatic carbocycles. The molecule has 0 saturated heterocycles. The predicted octanol–water partition coefficient (Wildman–Crippen LogP) is 21.6. The van der Waals surface area contributed by atoms with E-state index in [1.807, 2.05) is 0 Å². The molecule has 17 nitrogen and oxygen atoms in total. The summed E-state index contributed by atoms with van der Waals surface area (Å²) in [4.78, 5) is 72.5. The van der Waals surface area contributed by atoms with Crippen LogP contribution in [0.15, 0.2) is 0 Å². The fourth-order valence-electron chi connectivity index (χ4n) is 11.3. The standard InChI is InChI=1S/C74H144O17P2/c1-7-10-12-14-16-38-44-50-56-71(76)84-62-69(90-73(78)58-52-46-39-17-15-13-11-8-2)64-88-92(80,81)86-60-68(75)61-87-93(82,83)89-65-70(63-85-72(77)57-51-45-40-34-30-26-23-22-25-29-33-37-43-49-55-67(6)9-3)91-74(79)59-53-47-41-35-31-27-21-19-18-20-24-28-32-36-42-48-54-66(4)5/h66-70,75H,7-65H2,1-6H3,(H,80,81)(H,82,83)/t67?,68-,69+,70+/m0/s1. The van der Waals surface area contributed by atoms with Gasteiger partial charge in [0.05, 0.1) is 26.4 Å². The van der Waals surface area contributed by atoms with E-state index in [0.29, 0.717) is 25.7 Å². The lowest BCUT2D eigenvalue weighted by Crippen LogP contribution is -2.30. The fourth-order valence-corrected chi connectivity index (χ4v) is 12.8. The summed E-state index contributed by atoms with van der Waals surface area (Å²) in [6.45, 7) is 9.61. The lowest BCUT2D eigenvalue weighted by Gasteiger charge is -2.21. The Kier molecular flexibility index (Phi) is 64.6. The Morgan fingerprint density at radius 1 is 0.312 bits per heavy atom.